The number of unbranched alkanes of at least 4 members (excludes halogenated alkanes) is 1. The molecular weight excluding hydrogens is 220 g/mol. The lowest BCUT2D eigenvalue weighted by molar-refractivity contribution is 0.193. The van der Waals surface area contributed by atoms with Crippen molar-refractivity contribution in [3.63, 3.8) is 0 Å². The zero-order chi connectivity index (χ0) is 14.0. The Balaban J connectivity index is 3.66. The summed E-state index contributed by atoms with van der Waals surface area (Å²) in [6.45, 7) is 17.4. The molecule has 0 radical (unpaired) electrons. The number of nitrogens with zero attached hydrogens (tertiary/aromatic N) is 1. The van der Waals surface area contributed by atoms with Gasteiger partial charge in [0.25, 0.3) is 0 Å². The molecule has 1 atom stereocenters. The Hall–Kier alpha value is -0.0800. The van der Waals surface area contributed by atoms with Crippen LogP contribution in [-0.2, 0) is 0 Å². The van der Waals surface area contributed by atoms with Crippen LogP contribution in [0.25, 0.3) is 0 Å². The van der Waals surface area contributed by atoms with Crippen LogP contribution in [-0.4, -0.2) is 36.6 Å². The molecule has 0 fully saturated rings. The van der Waals surface area contributed by atoms with E-state index in [1.807, 2.05) is 0 Å². The van der Waals surface area contributed by atoms with Crippen LogP contribution in [0.5, 0.6) is 0 Å². The van der Waals surface area contributed by atoms with Gasteiger partial charge < -0.3 is 10.2 Å². The van der Waals surface area contributed by atoms with E-state index < -0.39 is 0 Å². The molecule has 0 amide bonds. The van der Waals surface area contributed by atoms with Gasteiger partial charge in [-0.05, 0) is 59.0 Å². The predicted octanol–water partition coefficient (Wildman–Crippen LogP) is 3.91. The van der Waals surface area contributed by atoms with E-state index in [9.17, 15) is 0 Å². The molecule has 0 aromatic heterocycles. The molecule has 110 valence electrons. The van der Waals surface area contributed by atoms with Crippen molar-refractivity contribution in [1.82, 2.24) is 10.2 Å². The zero-order valence-electron chi connectivity index (χ0n) is 13.6. The van der Waals surface area contributed by atoms with E-state index in [-0.39, 0.29) is 0 Å². The van der Waals surface area contributed by atoms with E-state index in [4.69, 9.17) is 0 Å². The topological polar surface area (TPSA) is 15.3 Å². The number of rotatable bonds is 11. The normalized spacial score (nSPS) is 13.8. The molecule has 1 unspecified atom stereocenters. The average molecular weight is 256 g/mol. The summed E-state index contributed by atoms with van der Waals surface area (Å²) >= 11 is 0. The Kier molecular flexibility index (Phi) is 10.8. The second-order valence-corrected chi connectivity index (χ2v) is 6.33. The van der Waals surface area contributed by atoms with E-state index in [1.165, 1.54) is 38.8 Å². The smallest absolute Gasteiger partial charge is 0.00387 e. The van der Waals surface area contributed by atoms with Crippen molar-refractivity contribution < 1.29 is 0 Å². The van der Waals surface area contributed by atoms with Crippen LogP contribution in [0.4, 0.5) is 0 Å². The van der Waals surface area contributed by atoms with E-state index in [2.05, 4.69) is 51.8 Å². The number of hydrogen-bond acceptors (Lipinski definition) is 2. The Morgan fingerprint density at radius 3 is 2.17 bits per heavy atom. The standard InChI is InChI=1S/C16H36N2/c1-7-11-17-16(6)10-8-9-12-18(15(4)5)13-14(2)3/h14-17H,7-13H2,1-6H3. The molecular formula is C16H36N2. The third kappa shape index (κ3) is 9.90. The van der Waals surface area contributed by atoms with Gasteiger partial charge >= 0.3 is 0 Å². The lowest BCUT2D eigenvalue weighted by Gasteiger charge is -2.28. The summed E-state index contributed by atoms with van der Waals surface area (Å²) in [5, 5.41) is 3.56. The van der Waals surface area contributed by atoms with Gasteiger partial charge in [-0.1, -0.05) is 27.2 Å². The van der Waals surface area contributed by atoms with Crippen molar-refractivity contribution in [3.8, 4) is 0 Å². The first-order valence-electron chi connectivity index (χ1n) is 7.94. The van der Waals surface area contributed by atoms with Crippen LogP contribution in [0.2, 0.25) is 0 Å². The van der Waals surface area contributed by atoms with Crippen LogP contribution in [0, 0.1) is 5.92 Å². The molecule has 0 aliphatic rings. The molecule has 0 saturated heterocycles. The van der Waals surface area contributed by atoms with E-state index in [1.54, 1.807) is 0 Å². The maximum atomic E-state index is 3.56. The third-order valence-corrected chi connectivity index (χ3v) is 3.41. The lowest BCUT2D eigenvalue weighted by atomic mass is 10.1. The first-order chi connectivity index (χ1) is 8.47. The first kappa shape index (κ1) is 17.9. The van der Waals surface area contributed by atoms with E-state index in [0.29, 0.717) is 12.1 Å². The molecule has 18 heavy (non-hydrogen) atoms. The van der Waals surface area contributed by atoms with Gasteiger partial charge in [0.05, 0.1) is 0 Å². The SMILES string of the molecule is CCCNC(C)CCCCN(CC(C)C)C(C)C. The van der Waals surface area contributed by atoms with Crippen molar-refractivity contribution in [2.45, 2.75) is 79.3 Å². The van der Waals surface area contributed by atoms with E-state index in [0.717, 1.165) is 12.5 Å². The quantitative estimate of drug-likeness (QED) is 0.564. The maximum absolute atomic E-state index is 3.56. The highest BCUT2D eigenvalue weighted by atomic mass is 15.1. The summed E-state index contributed by atoms with van der Waals surface area (Å²) in [6, 6.07) is 1.37. The molecule has 0 heterocycles. The lowest BCUT2D eigenvalue weighted by Crippen LogP contribution is -2.35. The van der Waals surface area contributed by atoms with Gasteiger partial charge in [0.2, 0.25) is 0 Å². The van der Waals surface area contributed by atoms with Gasteiger partial charge in [-0.25, -0.2) is 0 Å². The molecule has 2 heteroatoms. The van der Waals surface area contributed by atoms with Crippen molar-refractivity contribution in [2.75, 3.05) is 19.6 Å². The third-order valence-electron chi connectivity index (χ3n) is 3.41. The minimum atomic E-state index is 0.683. The number of hydrogen-bond donors (Lipinski definition) is 1. The maximum Gasteiger partial charge on any atom is 0.00387 e. The minimum absolute atomic E-state index is 0.683. The fraction of sp³-hybridized carbons (Fsp3) is 1.00. The molecule has 1 N–H and O–H groups in total. The van der Waals surface area contributed by atoms with Crippen molar-refractivity contribution >= 4 is 0 Å². The largest absolute Gasteiger partial charge is 0.314 e. The second kappa shape index (κ2) is 10.8. The van der Waals surface area contributed by atoms with Gasteiger partial charge in [-0.2, -0.15) is 0 Å². The van der Waals surface area contributed by atoms with Gasteiger partial charge in [0, 0.05) is 18.6 Å². The van der Waals surface area contributed by atoms with Crippen molar-refractivity contribution in [1.29, 1.82) is 0 Å². The molecule has 0 bridgehead atoms. The van der Waals surface area contributed by atoms with E-state index >= 15 is 0 Å². The summed E-state index contributed by atoms with van der Waals surface area (Å²) in [5.74, 6) is 0.776. The Morgan fingerprint density at radius 2 is 1.67 bits per heavy atom. The fourth-order valence-corrected chi connectivity index (χ4v) is 2.29. The predicted molar refractivity (Wildman–Crippen MR) is 83.2 cm³/mol. The van der Waals surface area contributed by atoms with Gasteiger partial charge in [-0.15, -0.1) is 0 Å². The Morgan fingerprint density at radius 1 is 1.00 bits per heavy atom. The second-order valence-electron chi connectivity index (χ2n) is 6.33. The highest BCUT2D eigenvalue weighted by Crippen LogP contribution is 2.08. The highest BCUT2D eigenvalue weighted by Gasteiger charge is 2.10. The fourth-order valence-electron chi connectivity index (χ4n) is 2.29. The molecule has 0 aromatic rings. The average Bonchev–Trinajstić information content (AvgIpc) is 2.29. The van der Waals surface area contributed by atoms with Gasteiger partial charge in [0.15, 0.2) is 0 Å². The van der Waals surface area contributed by atoms with Crippen LogP contribution in [0.3, 0.4) is 0 Å². The zero-order valence-corrected chi connectivity index (χ0v) is 13.6. The Bertz CT molecular complexity index is 178. The summed E-state index contributed by atoms with van der Waals surface area (Å²) in [7, 11) is 0. The summed E-state index contributed by atoms with van der Waals surface area (Å²) in [6.07, 6.45) is 5.23. The number of nitrogens with one attached hydrogen (secondary N) is 1. The van der Waals surface area contributed by atoms with Crippen LogP contribution < -0.4 is 5.32 Å². The van der Waals surface area contributed by atoms with Gasteiger partial charge in [0.1, 0.15) is 0 Å². The van der Waals surface area contributed by atoms with Gasteiger partial charge in [-0.3, -0.25) is 0 Å². The first-order valence-corrected chi connectivity index (χ1v) is 7.94. The van der Waals surface area contributed by atoms with Crippen molar-refractivity contribution in [2.24, 2.45) is 5.92 Å². The molecule has 0 spiro atoms. The molecule has 2 nitrogen and oxygen atoms in total. The van der Waals surface area contributed by atoms with Crippen LogP contribution in [0.15, 0.2) is 0 Å². The monoisotopic (exact) mass is 256 g/mol. The minimum Gasteiger partial charge on any atom is -0.314 e. The Labute approximate surface area is 116 Å². The van der Waals surface area contributed by atoms with Crippen LogP contribution >= 0.6 is 0 Å². The molecule has 0 aliphatic carbocycles. The van der Waals surface area contributed by atoms with Crippen molar-refractivity contribution in [3.05, 3.63) is 0 Å². The molecule has 0 saturated carbocycles. The summed E-state index contributed by atoms with van der Waals surface area (Å²) in [4.78, 5) is 2.62. The summed E-state index contributed by atoms with van der Waals surface area (Å²) in [5.41, 5.74) is 0. The van der Waals surface area contributed by atoms with Crippen LogP contribution in [0.1, 0.15) is 67.2 Å². The molecule has 0 aliphatic heterocycles. The molecule has 0 aromatic carbocycles. The highest BCUT2D eigenvalue weighted by molar-refractivity contribution is 4.66. The summed E-state index contributed by atoms with van der Waals surface area (Å²) < 4.78 is 0. The molecule has 0 rings (SSSR count).